The Morgan fingerprint density at radius 2 is 2.11 bits per heavy atom. The van der Waals surface area contributed by atoms with Crippen LogP contribution in [0.15, 0.2) is 24.4 Å². The highest BCUT2D eigenvalue weighted by atomic mass is 19.4. The molecule has 2 aromatic heterocycles. The van der Waals surface area contributed by atoms with Gasteiger partial charge < -0.3 is 5.32 Å². The Kier molecular flexibility index (Phi) is 3.17. The minimum atomic E-state index is -4.85. The lowest BCUT2D eigenvalue weighted by atomic mass is 10.4. The molecule has 0 aliphatic rings. The van der Waals surface area contributed by atoms with Crippen molar-refractivity contribution >= 4 is 11.6 Å². The van der Waals surface area contributed by atoms with Crippen molar-refractivity contribution in [3.05, 3.63) is 30.2 Å². The first kappa shape index (κ1) is 12.3. The number of hydrogen-bond acceptors (Lipinski definition) is 3. The van der Waals surface area contributed by atoms with Gasteiger partial charge in [-0.05, 0) is 12.1 Å². The van der Waals surface area contributed by atoms with Crippen LogP contribution in [0, 0.1) is 0 Å². The molecule has 5 nitrogen and oxygen atoms in total. The SMILES string of the molecule is O=C(NCCc1nnc2ccccn12)C(F)(F)F. The van der Waals surface area contributed by atoms with Crippen LogP contribution in [0.2, 0.25) is 0 Å². The van der Waals surface area contributed by atoms with E-state index in [1.54, 1.807) is 34.1 Å². The molecule has 2 heterocycles. The summed E-state index contributed by atoms with van der Waals surface area (Å²) >= 11 is 0. The van der Waals surface area contributed by atoms with Crippen LogP contribution in [0.3, 0.4) is 0 Å². The minimum Gasteiger partial charge on any atom is -0.348 e. The maximum Gasteiger partial charge on any atom is 0.471 e. The first-order chi connectivity index (χ1) is 8.48. The Morgan fingerprint density at radius 3 is 2.83 bits per heavy atom. The molecule has 0 aliphatic heterocycles. The number of halogens is 3. The number of fused-ring (bicyclic) bond motifs is 1. The summed E-state index contributed by atoms with van der Waals surface area (Å²) in [6.45, 7) is -0.145. The zero-order chi connectivity index (χ0) is 13.2. The van der Waals surface area contributed by atoms with Crippen molar-refractivity contribution in [2.75, 3.05) is 6.54 Å². The van der Waals surface area contributed by atoms with Gasteiger partial charge in [0.1, 0.15) is 5.82 Å². The Balaban J connectivity index is 1.97. The van der Waals surface area contributed by atoms with Crippen molar-refractivity contribution in [3.8, 4) is 0 Å². The van der Waals surface area contributed by atoms with Crippen molar-refractivity contribution in [3.63, 3.8) is 0 Å². The van der Waals surface area contributed by atoms with Gasteiger partial charge in [0, 0.05) is 19.2 Å². The third-order valence-electron chi connectivity index (χ3n) is 2.28. The van der Waals surface area contributed by atoms with Crippen molar-refractivity contribution in [2.45, 2.75) is 12.6 Å². The van der Waals surface area contributed by atoms with Gasteiger partial charge in [0.05, 0.1) is 0 Å². The number of alkyl halides is 3. The normalized spacial score (nSPS) is 11.7. The van der Waals surface area contributed by atoms with Crippen molar-refractivity contribution < 1.29 is 18.0 Å². The second-order valence-electron chi connectivity index (χ2n) is 3.55. The monoisotopic (exact) mass is 258 g/mol. The molecule has 1 amide bonds. The summed E-state index contributed by atoms with van der Waals surface area (Å²) in [7, 11) is 0. The van der Waals surface area contributed by atoms with Crippen LogP contribution in [0.5, 0.6) is 0 Å². The van der Waals surface area contributed by atoms with Crippen molar-refractivity contribution in [1.82, 2.24) is 19.9 Å². The number of aromatic nitrogens is 3. The van der Waals surface area contributed by atoms with Crippen LogP contribution < -0.4 is 5.32 Å². The molecular weight excluding hydrogens is 249 g/mol. The van der Waals surface area contributed by atoms with Crippen LogP contribution in [0.1, 0.15) is 5.82 Å². The van der Waals surface area contributed by atoms with E-state index < -0.39 is 12.1 Å². The number of carbonyl (C=O) groups is 1. The van der Waals surface area contributed by atoms with Gasteiger partial charge in [-0.3, -0.25) is 9.20 Å². The fourth-order valence-corrected chi connectivity index (χ4v) is 1.45. The van der Waals surface area contributed by atoms with Crippen LogP contribution in [-0.2, 0) is 11.2 Å². The van der Waals surface area contributed by atoms with E-state index in [-0.39, 0.29) is 13.0 Å². The number of rotatable bonds is 3. The van der Waals surface area contributed by atoms with E-state index in [4.69, 9.17) is 0 Å². The Morgan fingerprint density at radius 1 is 1.33 bits per heavy atom. The average molecular weight is 258 g/mol. The maximum absolute atomic E-state index is 11.9. The molecule has 8 heteroatoms. The van der Waals surface area contributed by atoms with E-state index in [2.05, 4.69) is 10.2 Å². The zero-order valence-electron chi connectivity index (χ0n) is 9.11. The summed E-state index contributed by atoms with van der Waals surface area (Å²) in [6.07, 6.45) is -2.98. The molecule has 0 aromatic carbocycles. The summed E-state index contributed by atoms with van der Waals surface area (Å²) in [5.74, 6) is -1.45. The number of hydrogen-bond donors (Lipinski definition) is 1. The topological polar surface area (TPSA) is 59.3 Å². The van der Waals surface area contributed by atoms with E-state index >= 15 is 0 Å². The van der Waals surface area contributed by atoms with Crippen molar-refractivity contribution in [2.24, 2.45) is 0 Å². The van der Waals surface area contributed by atoms with Gasteiger partial charge in [-0.2, -0.15) is 13.2 Å². The summed E-state index contributed by atoms with van der Waals surface area (Å²) in [5.41, 5.74) is 0.606. The van der Waals surface area contributed by atoms with E-state index in [0.29, 0.717) is 11.5 Å². The number of pyridine rings is 1. The molecule has 0 spiro atoms. The highest BCUT2D eigenvalue weighted by molar-refractivity contribution is 5.81. The molecule has 0 saturated carbocycles. The average Bonchev–Trinajstić information content (AvgIpc) is 2.71. The van der Waals surface area contributed by atoms with E-state index in [9.17, 15) is 18.0 Å². The predicted octanol–water partition coefficient (Wildman–Crippen LogP) is 0.950. The smallest absolute Gasteiger partial charge is 0.348 e. The fraction of sp³-hybridized carbons (Fsp3) is 0.300. The maximum atomic E-state index is 11.9. The van der Waals surface area contributed by atoms with E-state index in [0.717, 1.165) is 0 Å². The lowest BCUT2D eigenvalue weighted by Gasteiger charge is -2.06. The molecule has 2 rings (SSSR count). The summed E-state index contributed by atoms with van der Waals surface area (Å²) in [4.78, 5) is 10.6. The molecule has 0 saturated heterocycles. The lowest BCUT2D eigenvalue weighted by Crippen LogP contribution is -2.37. The van der Waals surface area contributed by atoms with E-state index in [1.807, 2.05) is 0 Å². The molecule has 0 bridgehead atoms. The van der Waals surface area contributed by atoms with Gasteiger partial charge in [0.2, 0.25) is 0 Å². The molecule has 96 valence electrons. The third kappa shape index (κ3) is 2.58. The van der Waals surface area contributed by atoms with Gasteiger partial charge in [0.15, 0.2) is 5.65 Å². The van der Waals surface area contributed by atoms with E-state index in [1.165, 1.54) is 0 Å². The van der Waals surface area contributed by atoms with Gasteiger partial charge in [-0.25, -0.2) is 0 Å². The molecule has 0 aliphatic carbocycles. The molecule has 1 N–H and O–H groups in total. The first-order valence-electron chi connectivity index (χ1n) is 5.12. The molecule has 18 heavy (non-hydrogen) atoms. The molecule has 2 aromatic rings. The summed E-state index contributed by atoms with van der Waals surface area (Å²) < 4.78 is 37.4. The predicted molar refractivity (Wildman–Crippen MR) is 55.8 cm³/mol. The molecular formula is C10H9F3N4O. The van der Waals surface area contributed by atoms with Crippen LogP contribution in [0.4, 0.5) is 13.2 Å². The van der Waals surface area contributed by atoms with Gasteiger partial charge in [-0.15, -0.1) is 10.2 Å². The Bertz CT molecular complexity index is 563. The quantitative estimate of drug-likeness (QED) is 0.891. The highest BCUT2D eigenvalue weighted by Crippen LogP contribution is 2.13. The molecule has 0 fully saturated rings. The second-order valence-corrected chi connectivity index (χ2v) is 3.55. The van der Waals surface area contributed by atoms with Gasteiger partial charge in [-0.1, -0.05) is 6.07 Å². The molecule has 0 atom stereocenters. The van der Waals surface area contributed by atoms with Gasteiger partial charge >= 0.3 is 12.1 Å². The number of amides is 1. The van der Waals surface area contributed by atoms with Crippen molar-refractivity contribution in [1.29, 1.82) is 0 Å². The summed E-state index contributed by atoms with van der Waals surface area (Å²) in [6, 6.07) is 5.26. The second kappa shape index (κ2) is 4.63. The van der Waals surface area contributed by atoms with Crippen LogP contribution in [-0.4, -0.2) is 33.2 Å². The standard InChI is InChI=1S/C10H9F3N4O/c11-10(12,13)9(18)14-5-4-8-16-15-7-3-1-2-6-17(7)8/h1-3,6H,4-5H2,(H,14,18). The third-order valence-corrected chi connectivity index (χ3v) is 2.28. The highest BCUT2D eigenvalue weighted by Gasteiger charge is 2.38. The Hall–Kier alpha value is -2.12. The molecule has 0 unspecified atom stereocenters. The van der Waals surface area contributed by atoms with Crippen LogP contribution in [0.25, 0.3) is 5.65 Å². The fourth-order valence-electron chi connectivity index (χ4n) is 1.45. The number of nitrogens with zero attached hydrogens (tertiary/aromatic N) is 3. The largest absolute Gasteiger partial charge is 0.471 e. The van der Waals surface area contributed by atoms with Gasteiger partial charge in [0.25, 0.3) is 0 Å². The molecule has 0 radical (unpaired) electrons. The number of nitrogens with one attached hydrogen (secondary N) is 1. The first-order valence-corrected chi connectivity index (χ1v) is 5.12. The number of carbonyl (C=O) groups excluding carboxylic acids is 1. The Labute approximate surface area is 99.6 Å². The minimum absolute atomic E-state index is 0.145. The van der Waals surface area contributed by atoms with Crippen LogP contribution >= 0.6 is 0 Å². The lowest BCUT2D eigenvalue weighted by molar-refractivity contribution is -0.173. The zero-order valence-corrected chi connectivity index (χ0v) is 9.11. The summed E-state index contributed by atoms with van der Waals surface area (Å²) in [5, 5.41) is 9.46.